The molecule has 4 nitrogen and oxygen atoms in total. The Hall–Kier alpha value is -2.82. The van der Waals surface area contributed by atoms with Crippen molar-refractivity contribution in [2.75, 3.05) is 6.79 Å². The summed E-state index contributed by atoms with van der Waals surface area (Å²) in [6.45, 7) is 0.257. The highest BCUT2D eigenvalue weighted by atomic mass is 19.1. The van der Waals surface area contributed by atoms with Crippen molar-refractivity contribution in [2.24, 2.45) is 0 Å². The van der Waals surface area contributed by atoms with Gasteiger partial charge < -0.3 is 14.5 Å². The Morgan fingerprint density at radius 2 is 2.00 bits per heavy atom. The SMILES string of the molecule is Fc1cccc(Cc2ncc(-c3ccc4c(c3)OCO4)[nH]2)c1. The van der Waals surface area contributed by atoms with Crippen LogP contribution in [-0.4, -0.2) is 16.8 Å². The monoisotopic (exact) mass is 296 g/mol. The van der Waals surface area contributed by atoms with Gasteiger partial charge in [0.05, 0.1) is 11.9 Å². The smallest absolute Gasteiger partial charge is 0.231 e. The van der Waals surface area contributed by atoms with Gasteiger partial charge in [0.1, 0.15) is 11.6 Å². The Balaban J connectivity index is 1.59. The van der Waals surface area contributed by atoms with E-state index < -0.39 is 0 Å². The number of nitrogens with one attached hydrogen (secondary N) is 1. The van der Waals surface area contributed by atoms with Crippen molar-refractivity contribution in [3.05, 3.63) is 65.9 Å². The lowest BCUT2D eigenvalue weighted by molar-refractivity contribution is 0.174. The number of H-pyrrole nitrogens is 1. The summed E-state index contributed by atoms with van der Waals surface area (Å²) in [6.07, 6.45) is 2.33. The van der Waals surface area contributed by atoms with Crippen molar-refractivity contribution in [1.29, 1.82) is 0 Å². The van der Waals surface area contributed by atoms with E-state index in [0.29, 0.717) is 6.42 Å². The van der Waals surface area contributed by atoms with Crippen LogP contribution in [0.4, 0.5) is 4.39 Å². The van der Waals surface area contributed by atoms with Gasteiger partial charge in [-0.15, -0.1) is 0 Å². The molecule has 0 bridgehead atoms. The van der Waals surface area contributed by atoms with Crippen LogP contribution < -0.4 is 9.47 Å². The number of imidazole rings is 1. The predicted octanol–water partition coefficient (Wildman–Crippen LogP) is 3.54. The third-order valence-corrected chi connectivity index (χ3v) is 3.57. The van der Waals surface area contributed by atoms with E-state index in [4.69, 9.17) is 9.47 Å². The molecule has 0 aliphatic carbocycles. The fourth-order valence-electron chi connectivity index (χ4n) is 2.50. The number of rotatable bonds is 3. The number of aromatic nitrogens is 2. The summed E-state index contributed by atoms with van der Waals surface area (Å²) in [5.41, 5.74) is 2.75. The third-order valence-electron chi connectivity index (χ3n) is 3.57. The lowest BCUT2D eigenvalue weighted by Gasteiger charge is -2.01. The zero-order valence-electron chi connectivity index (χ0n) is 11.7. The van der Waals surface area contributed by atoms with E-state index >= 15 is 0 Å². The average molecular weight is 296 g/mol. The van der Waals surface area contributed by atoms with Crippen LogP contribution in [0.3, 0.4) is 0 Å². The van der Waals surface area contributed by atoms with Gasteiger partial charge in [-0.1, -0.05) is 12.1 Å². The Morgan fingerprint density at radius 1 is 1.09 bits per heavy atom. The van der Waals surface area contributed by atoms with Gasteiger partial charge in [0.2, 0.25) is 6.79 Å². The van der Waals surface area contributed by atoms with Crippen LogP contribution in [0.25, 0.3) is 11.3 Å². The van der Waals surface area contributed by atoms with E-state index in [2.05, 4.69) is 9.97 Å². The van der Waals surface area contributed by atoms with Gasteiger partial charge in [-0.25, -0.2) is 9.37 Å². The minimum Gasteiger partial charge on any atom is -0.454 e. The van der Waals surface area contributed by atoms with E-state index in [9.17, 15) is 4.39 Å². The van der Waals surface area contributed by atoms with Gasteiger partial charge >= 0.3 is 0 Å². The molecule has 0 radical (unpaired) electrons. The first-order chi connectivity index (χ1) is 10.8. The summed E-state index contributed by atoms with van der Waals surface area (Å²) in [4.78, 5) is 7.62. The minimum absolute atomic E-state index is 0.236. The number of aromatic amines is 1. The van der Waals surface area contributed by atoms with E-state index in [1.54, 1.807) is 12.3 Å². The first kappa shape index (κ1) is 12.9. The van der Waals surface area contributed by atoms with Gasteiger partial charge in [0, 0.05) is 12.0 Å². The second kappa shape index (κ2) is 5.18. The molecular formula is C17H13FN2O2. The Morgan fingerprint density at radius 3 is 2.91 bits per heavy atom. The van der Waals surface area contributed by atoms with Crippen LogP contribution in [0.2, 0.25) is 0 Å². The van der Waals surface area contributed by atoms with Crippen LogP contribution in [0.1, 0.15) is 11.4 Å². The number of halogens is 1. The van der Waals surface area contributed by atoms with E-state index in [-0.39, 0.29) is 12.6 Å². The van der Waals surface area contributed by atoms with Gasteiger partial charge in [-0.3, -0.25) is 0 Å². The largest absolute Gasteiger partial charge is 0.454 e. The van der Waals surface area contributed by atoms with Crippen LogP contribution >= 0.6 is 0 Å². The number of hydrogen-bond acceptors (Lipinski definition) is 3. The van der Waals surface area contributed by atoms with Gasteiger partial charge in [0.15, 0.2) is 11.5 Å². The third kappa shape index (κ3) is 2.41. The standard InChI is InChI=1S/C17H13FN2O2/c18-13-3-1-2-11(6-13)7-17-19-9-14(20-17)12-4-5-15-16(8-12)22-10-21-15/h1-6,8-9H,7,10H2,(H,19,20). The van der Waals surface area contributed by atoms with Crippen molar-refractivity contribution >= 4 is 0 Å². The molecule has 5 heteroatoms. The van der Waals surface area contributed by atoms with Crippen molar-refractivity contribution in [3.63, 3.8) is 0 Å². The van der Waals surface area contributed by atoms with Crippen molar-refractivity contribution in [1.82, 2.24) is 9.97 Å². The summed E-state index contributed by atoms with van der Waals surface area (Å²) >= 11 is 0. The van der Waals surface area contributed by atoms with Crippen LogP contribution in [0.5, 0.6) is 11.5 Å². The zero-order valence-corrected chi connectivity index (χ0v) is 11.7. The van der Waals surface area contributed by atoms with Crippen LogP contribution in [-0.2, 0) is 6.42 Å². The molecule has 110 valence electrons. The van der Waals surface area contributed by atoms with Crippen molar-refractivity contribution in [2.45, 2.75) is 6.42 Å². The fraction of sp³-hybridized carbons (Fsp3) is 0.118. The molecule has 22 heavy (non-hydrogen) atoms. The van der Waals surface area contributed by atoms with Gasteiger partial charge in [-0.05, 0) is 35.9 Å². The molecule has 1 aliphatic heterocycles. The topological polar surface area (TPSA) is 47.1 Å². The highest BCUT2D eigenvalue weighted by Crippen LogP contribution is 2.35. The molecule has 0 unspecified atom stereocenters. The molecule has 4 rings (SSSR count). The van der Waals surface area contributed by atoms with Gasteiger partial charge in [0.25, 0.3) is 0 Å². The molecule has 1 aliphatic rings. The summed E-state index contributed by atoms with van der Waals surface area (Å²) in [7, 11) is 0. The fourth-order valence-corrected chi connectivity index (χ4v) is 2.50. The number of nitrogens with zero attached hydrogens (tertiary/aromatic N) is 1. The summed E-state index contributed by atoms with van der Waals surface area (Å²) in [5, 5.41) is 0. The van der Waals surface area contributed by atoms with Gasteiger partial charge in [-0.2, -0.15) is 0 Å². The maximum atomic E-state index is 13.2. The normalized spacial score (nSPS) is 12.6. The second-order valence-corrected chi connectivity index (χ2v) is 5.12. The summed E-state index contributed by atoms with van der Waals surface area (Å²) in [6, 6.07) is 12.3. The molecule has 0 saturated carbocycles. The molecule has 1 N–H and O–H groups in total. The molecular weight excluding hydrogens is 283 g/mol. The quantitative estimate of drug-likeness (QED) is 0.804. The van der Waals surface area contributed by atoms with E-state index in [1.807, 2.05) is 24.3 Å². The maximum absolute atomic E-state index is 13.2. The van der Waals surface area contributed by atoms with Crippen molar-refractivity contribution < 1.29 is 13.9 Å². The minimum atomic E-state index is -0.236. The first-order valence-electron chi connectivity index (χ1n) is 6.96. The molecule has 0 amide bonds. The van der Waals surface area contributed by atoms with E-state index in [0.717, 1.165) is 34.1 Å². The summed E-state index contributed by atoms with van der Waals surface area (Å²) < 4.78 is 23.9. The predicted molar refractivity (Wildman–Crippen MR) is 79.4 cm³/mol. The van der Waals surface area contributed by atoms with Crippen LogP contribution in [0, 0.1) is 5.82 Å². The first-order valence-corrected chi connectivity index (χ1v) is 6.96. The highest BCUT2D eigenvalue weighted by Gasteiger charge is 2.14. The lowest BCUT2D eigenvalue weighted by Crippen LogP contribution is -1.92. The van der Waals surface area contributed by atoms with Crippen LogP contribution in [0.15, 0.2) is 48.7 Å². The number of fused-ring (bicyclic) bond motifs is 1. The number of benzene rings is 2. The number of ether oxygens (including phenoxy) is 2. The summed E-state index contributed by atoms with van der Waals surface area (Å²) in [5.74, 6) is 2.04. The number of hydrogen-bond donors (Lipinski definition) is 1. The molecule has 0 fully saturated rings. The lowest BCUT2D eigenvalue weighted by atomic mass is 10.1. The van der Waals surface area contributed by atoms with Crippen molar-refractivity contribution in [3.8, 4) is 22.8 Å². The molecule has 0 saturated heterocycles. The zero-order chi connectivity index (χ0) is 14.9. The Kier molecular flexibility index (Phi) is 3.04. The molecule has 2 heterocycles. The Bertz CT molecular complexity index is 829. The average Bonchev–Trinajstić information content (AvgIpc) is 3.15. The molecule has 0 atom stereocenters. The molecule has 2 aromatic carbocycles. The molecule has 0 spiro atoms. The Labute approximate surface area is 126 Å². The van der Waals surface area contributed by atoms with E-state index in [1.165, 1.54) is 12.1 Å². The molecule has 3 aromatic rings. The second-order valence-electron chi connectivity index (χ2n) is 5.12. The maximum Gasteiger partial charge on any atom is 0.231 e. The highest BCUT2D eigenvalue weighted by molar-refractivity contribution is 5.64. The molecule has 1 aromatic heterocycles.